The molecule has 2 aromatic heterocycles. The van der Waals surface area contributed by atoms with Crippen molar-refractivity contribution in [2.75, 3.05) is 61.8 Å². The van der Waals surface area contributed by atoms with Gasteiger partial charge in [0.1, 0.15) is 16.5 Å². The molecule has 216 valence electrons. The van der Waals surface area contributed by atoms with Crippen molar-refractivity contribution in [2.24, 2.45) is 5.73 Å². The van der Waals surface area contributed by atoms with Gasteiger partial charge in [-0.15, -0.1) is 11.3 Å². The van der Waals surface area contributed by atoms with Crippen LogP contribution in [-0.2, 0) is 0 Å². The average Bonchev–Trinajstić information content (AvgIpc) is 3.43. The predicted molar refractivity (Wildman–Crippen MR) is 154 cm³/mol. The van der Waals surface area contributed by atoms with Crippen LogP contribution in [0.3, 0.4) is 0 Å². The molecular formula is C27H31F2N9O2S. The standard InChI is InChI=1S/C27H31F2N9O2S/c1-36-9-11-38(12-10-36)18-4-7-37(8-5-18)19-2-3-20(22(14-19)40-26(28)29)34-27-32-16-17(15-30)25(35-27)33-21-6-13-41-23(21)24(31)39/h2-3,6,13-14,16,18,26H,4-5,7-12H2,1H3,(H2,31,39)(H2,32,33,34,35). The van der Waals surface area contributed by atoms with Gasteiger partial charge in [0.15, 0.2) is 11.6 Å². The number of likely N-dealkylation sites (N-methyl/N-ethyl adjacent to an activating group) is 1. The number of carbonyl (C=O) groups excluding carboxylic acids is 1. The number of piperazine rings is 1. The summed E-state index contributed by atoms with van der Waals surface area (Å²) >= 11 is 1.15. The van der Waals surface area contributed by atoms with Gasteiger partial charge < -0.3 is 30.9 Å². The Hall–Kier alpha value is -4.06. The molecule has 0 aliphatic carbocycles. The zero-order chi connectivity index (χ0) is 28.9. The van der Waals surface area contributed by atoms with Crippen LogP contribution in [0.25, 0.3) is 0 Å². The number of carbonyl (C=O) groups is 1. The molecule has 2 fully saturated rings. The molecule has 0 bridgehead atoms. The number of ether oxygens (including phenoxy) is 1. The first-order valence-corrected chi connectivity index (χ1v) is 14.1. The Kier molecular flexibility index (Phi) is 8.77. The van der Waals surface area contributed by atoms with Crippen LogP contribution in [0.15, 0.2) is 35.8 Å². The van der Waals surface area contributed by atoms with Crippen LogP contribution >= 0.6 is 11.3 Å². The lowest BCUT2D eigenvalue weighted by molar-refractivity contribution is -0.0493. The van der Waals surface area contributed by atoms with Crippen molar-refractivity contribution < 1.29 is 18.3 Å². The van der Waals surface area contributed by atoms with E-state index >= 15 is 0 Å². The molecule has 2 aliphatic heterocycles. The maximum Gasteiger partial charge on any atom is 0.387 e. The number of halogens is 2. The number of thiophene rings is 1. The summed E-state index contributed by atoms with van der Waals surface area (Å²) in [5, 5.41) is 17.1. The highest BCUT2D eigenvalue weighted by molar-refractivity contribution is 7.12. The summed E-state index contributed by atoms with van der Waals surface area (Å²) in [6.45, 7) is 2.91. The van der Waals surface area contributed by atoms with Gasteiger partial charge in [-0.1, -0.05) is 0 Å². The lowest BCUT2D eigenvalue weighted by atomic mass is 10.0. The summed E-state index contributed by atoms with van der Waals surface area (Å²) in [5.74, 6) is -0.495. The second-order valence-electron chi connectivity index (χ2n) is 9.96. The highest BCUT2D eigenvalue weighted by atomic mass is 32.1. The van der Waals surface area contributed by atoms with E-state index in [0.29, 0.717) is 11.7 Å². The number of hydrogen-bond donors (Lipinski definition) is 3. The van der Waals surface area contributed by atoms with Crippen molar-refractivity contribution >= 4 is 46.1 Å². The second kappa shape index (κ2) is 12.6. The van der Waals surface area contributed by atoms with Gasteiger partial charge in [0.2, 0.25) is 5.95 Å². The Bertz CT molecular complexity index is 1410. The first kappa shape index (κ1) is 28.5. The zero-order valence-corrected chi connectivity index (χ0v) is 23.3. The van der Waals surface area contributed by atoms with E-state index in [4.69, 9.17) is 10.5 Å². The highest BCUT2D eigenvalue weighted by Gasteiger charge is 2.27. The van der Waals surface area contributed by atoms with Gasteiger partial charge in [0, 0.05) is 57.1 Å². The van der Waals surface area contributed by atoms with Crippen molar-refractivity contribution in [1.29, 1.82) is 5.26 Å². The Morgan fingerprint density at radius 3 is 2.59 bits per heavy atom. The summed E-state index contributed by atoms with van der Waals surface area (Å²) < 4.78 is 31.6. The number of alkyl halides is 2. The van der Waals surface area contributed by atoms with E-state index < -0.39 is 12.5 Å². The first-order chi connectivity index (χ1) is 19.8. The number of nitrogens with one attached hydrogen (secondary N) is 2. The van der Waals surface area contributed by atoms with Crippen molar-refractivity contribution in [3.8, 4) is 11.8 Å². The zero-order valence-electron chi connectivity index (χ0n) is 22.5. The normalized spacial score (nSPS) is 16.9. The monoisotopic (exact) mass is 583 g/mol. The molecule has 1 amide bonds. The van der Waals surface area contributed by atoms with Crippen LogP contribution in [0.1, 0.15) is 28.1 Å². The minimum absolute atomic E-state index is 0.0437. The predicted octanol–water partition coefficient (Wildman–Crippen LogP) is 3.81. The molecule has 11 nitrogen and oxygen atoms in total. The summed E-state index contributed by atoms with van der Waals surface area (Å²) in [6, 6.07) is 9.26. The largest absolute Gasteiger partial charge is 0.433 e. The second-order valence-corrected chi connectivity index (χ2v) is 10.9. The Balaban J connectivity index is 1.31. The van der Waals surface area contributed by atoms with Crippen LogP contribution < -0.4 is 26.0 Å². The number of nitriles is 1. The van der Waals surface area contributed by atoms with Crippen LogP contribution in [0.4, 0.5) is 37.6 Å². The van der Waals surface area contributed by atoms with Gasteiger partial charge in [-0.05, 0) is 43.5 Å². The number of nitrogens with two attached hydrogens (primary N) is 1. The van der Waals surface area contributed by atoms with Gasteiger partial charge in [0.05, 0.1) is 17.6 Å². The van der Waals surface area contributed by atoms with Gasteiger partial charge in [-0.25, -0.2) is 4.98 Å². The number of amides is 1. The van der Waals surface area contributed by atoms with E-state index in [1.807, 2.05) is 12.1 Å². The third-order valence-corrected chi connectivity index (χ3v) is 8.29. The smallest absolute Gasteiger partial charge is 0.387 e. The first-order valence-electron chi connectivity index (χ1n) is 13.3. The molecule has 0 unspecified atom stereocenters. The van der Waals surface area contributed by atoms with Crippen molar-refractivity contribution in [2.45, 2.75) is 25.5 Å². The minimum atomic E-state index is -3.03. The molecule has 0 saturated carbocycles. The number of benzene rings is 1. The number of rotatable bonds is 9. The number of anilines is 5. The van der Waals surface area contributed by atoms with Crippen LogP contribution in [0.2, 0.25) is 0 Å². The number of hydrogen-bond acceptors (Lipinski definition) is 11. The lowest BCUT2D eigenvalue weighted by Crippen LogP contribution is -2.52. The number of primary amides is 1. The number of nitrogens with zero attached hydrogens (tertiary/aromatic N) is 6. The number of aromatic nitrogens is 2. The molecule has 4 N–H and O–H groups in total. The molecular weight excluding hydrogens is 552 g/mol. The minimum Gasteiger partial charge on any atom is -0.433 e. The average molecular weight is 584 g/mol. The highest BCUT2D eigenvalue weighted by Crippen LogP contribution is 2.35. The fourth-order valence-corrected chi connectivity index (χ4v) is 5.85. The van der Waals surface area contributed by atoms with E-state index in [2.05, 4.69) is 42.3 Å². The Morgan fingerprint density at radius 1 is 1.15 bits per heavy atom. The number of piperidine rings is 1. The molecule has 0 radical (unpaired) electrons. The third kappa shape index (κ3) is 6.82. The maximum absolute atomic E-state index is 13.4. The van der Waals surface area contributed by atoms with E-state index in [-0.39, 0.29) is 33.6 Å². The lowest BCUT2D eigenvalue weighted by Gasteiger charge is -2.42. The summed E-state index contributed by atoms with van der Waals surface area (Å²) in [7, 11) is 2.15. The SMILES string of the molecule is CN1CCN(C2CCN(c3ccc(Nc4ncc(C#N)c(Nc5ccsc5C(N)=O)n4)c(OC(F)F)c3)CC2)CC1. The molecule has 14 heteroatoms. The molecule has 2 aliphatic rings. The van der Waals surface area contributed by atoms with Crippen molar-refractivity contribution in [3.05, 3.63) is 46.3 Å². The summed E-state index contributed by atoms with van der Waals surface area (Å²) in [5.41, 5.74) is 6.97. The third-order valence-electron chi connectivity index (χ3n) is 7.36. The molecule has 2 saturated heterocycles. The topological polar surface area (TPSA) is 136 Å². The van der Waals surface area contributed by atoms with Gasteiger partial charge in [-0.3, -0.25) is 9.69 Å². The molecule has 0 spiro atoms. The van der Waals surface area contributed by atoms with E-state index in [1.54, 1.807) is 23.6 Å². The quantitative estimate of drug-likeness (QED) is 0.341. The molecule has 1 aromatic carbocycles. The molecule has 3 aromatic rings. The summed E-state index contributed by atoms with van der Waals surface area (Å²) in [6.07, 6.45) is 3.30. The van der Waals surface area contributed by atoms with Gasteiger partial charge >= 0.3 is 6.61 Å². The Labute approximate surface area is 240 Å². The molecule has 5 rings (SSSR count). The van der Waals surface area contributed by atoms with E-state index in [0.717, 1.165) is 69.1 Å². The van der Waals surface area contributed by atoms with Gasteiger partial charge in [-0.2, -0.15) is 19.0 Å². The van der Waals surface area contributed by atoms with Crippen molar-refractivity contribution in [3.63, 3.8) is 0 Å². The maximum atomic E-state index is 13.4. The fourth-order valence-electron chi connectivity index (χ4n) is 5.15. The molecule has 4 heterocycles. The van der Waals surface area contributed by atoms with E-state index in [9.17, 15) is 18.8 Å². The van der Waals surface area contributed by atoms with E-state index in [1.165, 1.54) is 6.20 Å². The van der Waals surface area contributed by atoms with Crippen molar-refractivity contribution in [1.82, 2.24) is 19.8 Å². The molecule has 0 atom stereocenters. The summed E-state index contributed by atoms with van der Waals surface area (Å²) in [4.78, 5) is 27.6. The van der Waals surface area contributed by atoms with Crippen LogP contribution in [0, 0.1) is 11.3 Å². The fraction of sp³-hybridized carbons (Fsp3) is 0.407. The molecule has 41 heavy (non-hydrogen) atoms. The Morgan fingerprint density at radius 2 is 1.90 bits per heavy atom. The van der Waals surface area contributed by atoms with Crippen LogP contribution in [0.5, 0.6) is 5.75 Å². The van der Waals surface area contributed by atoms with Gasteiger partial charge in [0.25, 0.3) is 5.91 Å². The van der Waals surface area contributed by atoms with Crippen LogP contribution in [-0.4, -0.2) is 84.6 Å².